The molecule has 2 N–H and O–H groups in total. The average Bonchev–Trinajstić information content (AvgIpc) is 3.25. The highest BCUT2D eigenvalue weighted by molar-refractivity contribution is 6.09. The van der Waals surface area contributed by atoms with Gasteiger partial charge in [-0.25, -0.2) is 4.98 Å². The Kier molecular flexibility index (Phi) is 3.29. The van der Waals surface area contributed by atoms with Crippen LogP contribution in [0.3, 0.4) is 0 Å². The van der Waals surface area contributed by atoms with Gasteiger partial charge in [0.15, 0.2) is 0 Å². The van der Waals surface area contributed by atoms with E-state index in [4.69, 9.17) is 10.7 Å². The van der Waals surface area contributed by atoms with E-state index in [2.05, 4.69) is 19.9 Å². The normalized spacial score (nSPS) is 17.3. The van der Waals surface area contributed by atoms with Crippen molar-refractivity contribution in [1.29, 1.82) is 0 Å². The van der Waals surface area contributed by atoms with Gasteiger partial charge in [-0.3, -0.25) is 4.79 Å². The molecule has 1 aliphatic carbocycles. The highest BCUT2D eigenvalue weighted by Gasteiger charge is 2.35. The van der Waals surface area contributed by atoms with Crippen LogP contribution < -0.4 is 5.73 Å². The van der Waals surface area contributed by atoms with Gasteiger partial charge in [-0.05, 0) is 36.7 Å². The van der Waals surface area contributed by atoms with E-state index >= 15 is 0 Å². The molecule has 2 heterocycles. The zero-order chi connectivity index (χ0) is 16.1. The third-order valence-electron chi connectivity index (χ3n) is 4.86. The molecule has 23 heavy (non-hydrogen) atoms. The quantitative estimate of drug-likeness (QED) is 0.942. The van der Waals surface area contributed by atoms with Crippen LogP contribution in [0.4, 0.5) is 5.69 Å². The van der Waals surface area contributed by atoms with Crippen LogP contribution >= 0.6 is 0 Å². The fraction of sp³-hybridized carbons (Fsp3) is 0.474. The molecular formula is C19H23N3O. The van der Waals surface area contributed by atoms with Crippen molar-refractivity contribution in [2.75, 3.05) is 12.3 Å². The van der Waals surface area contributed by atoms with Gasteiger partial charge in [0.1, 0.15) is 0 Å². The largest absolute Gasteiger partial charge is 0.397 e. The van der Waals surface area contributed by atoms with E-state index in [9.17, 15) is 4.79 Å². The number of carbonyl (C=O) groups excluding carboxylic acids is 1. The highest BCUT2D eigenvalue weighted by Crippen LogP contribution is 2.37. The molecule has 1 aromatic heterocycles. The Morgan fingerprint density at radius 1 is 1.35 bits per heavy atom. The van der Waals surface area contributed by atoms with E-state index in [1.807, 2.05) is 17.0 Å². The minimum absolute atomic E-state index is 0.0630. The summed E-state index contributed by atoms with van der Waals surface area (Å²) in [6, 6.07) is 6.13. The van der Waals surface area contributed by atoms with Crippen molar-refractivity contribution in [3.05, 3.63) is 35.0 Å². The van der Waals surface area contributed by atoms with Crippen LogP contribution in [0.1, 0.15) is 48.3 Å². The van der Waals surface area contributed by atoms with Gasteiger partial charge in [0, 0.05) is 11.9 Å². The lowest BCUT2D eigenvalue weighted by Crippen LogP contribution is -2.26. The van der Waals surface area contributed by atoms with Gasteiger partial charge >= 0.3 is 0 Å². The lowest BCUT2D eigenvalue weighted by atomic mass is 9.98. The van der Waals surface area contributed by atoms with E-state index < -0.39 is 0 Å². The molecule has 1 saturated carbocycles. The maximum atomic E-state index is 12.7. The molecule has 1 fully saturated rings. The molecule has 0 unspecified atom stereocenters. The van der Waals surface area contributed by atoms with Crippen LogP contribution in [0.5, 0.6) is 0 Å². The molecule has 1 aromatic carbocycles. The Labute approximate surface area is 136 Å². The molecule has 1 amide bonds. The van der Waals surface area contributed by atoms with Crippen molar-refractivity contribution in [2.24, 2.45) is 11.8 Å². The molecule has 4 heteroatoms. The van der Waals surface area contributed by atoms with Gasteiger partial charge in [-0.1, -0.05) is 32.0 Å². The van der Waals surface area contributed by atoms with E-state index in [0.29, 0.717) is 29.6 Å². The molecule has 0 radical (unpaired) electrons. The first-order chi connectivity index (χ1) is 11.0. The molecule has 4 nitrogen and oxygen atoms in total. The second kappa shape index (κ2) is 5.22. The van der Waals surface area contributed by atoms with E-state index in [0.717, 1.165) is 29.6 Å². The Bertz CT molecular complexity index is 793. The summed E-state index contributed by atoms with van der Waals surface area (Å²) in [4.78, 5) is 19.5. The number of aromatic nitrogens is 1. The number of carbonyl (C=O) groups is 1. The topological polar surface area (TPSA) is 59.2 Å². The van der Waals surface area contributed by atoms with Crippen LogP contribution in [0.15, 0.2) is 18.2 Å². The number of rotatable bonds is 4. The van der Waals surface area contributed by atoms with Gasteiger partial charge in [0.2, 0.25) is 0 Å². The summed E-state index contributed by atoms with van der Waals surface area (Å²) in [5.41, 5.74) is 10.7. The minimum atomic E-state index is 0.0630. The van der Waals surface area contributed by atoms with E-state index in [-0.39, 0.29) is 5.91 Å². The maximum absolute atomic E-state index is 12.7. The molecule has 1 aliphatic heterocycles. The number of hydrogen-bond donors (Lipinski definition) is 1. The number of hydrogen-bond acceptors (Lipinski definition) is 3. The minimum Gasteiger partial charge on any atom is -0.397 e. The summed E-state index contributed by atoms with van der Waals surface area (Å²) in [6.07, 6.45) is 3.45. The first-order valence-electron chi connectivity index (χ1n) is 8.53. The number of nitrogens with two attached hydrogens (primary N) is 1. The van der Waals surface area contributed by atoms with Crippen LogP contribution in [0, 0.1) is 11.8 Å². The fourth-order valence-electron chi connectivity index (χ4n) is 3.55. The summed E-state index contributed by atoms with van der Waals surface area (Å²) < 4.78 is 0. The lowest BCUT2D eigenvalue weighted by molar-refractivity contribution is 0.0771. The smallest absolute Gasteiger partial charge is 0.258 e. The Morgan fingerprint density at radius 3 is 2.83 bits per heavy atom. The summed E-state index contributed by atoms with van der Waals surface area (Å²) in [5.74, 6) is 1.30. The molecule has 4 rings (SSSR count). The zero-order valence-corrected chi connectivity index (χ0v) is 13.8. The molecule has 0 bridgehead atoms. The molecular weight excluding hydrogens is 286 g/mol. The van der Waals surface area contributed by atoms with Crippen LogP contribution in [0.25, 0.3) is 10.9 Å². The van der Waals surface area contributed by atoms with E-state index in [1.54, 1.807) is 0 Å². The Balaban J connectivity index is 1.81. The molecule has 2 aliphatic rings. The maximum Gasteiger partial charge on any atom is 0.258 e. The number of nitrogen functional groups attached to an aromatic ring is 1. The second-order valence-electron chi connectivity index (χ2n) is 7.39. The third kappa shape index (κ3) is 2.46. The van der Waals surface area contributed by atoms with Crippen molar-refractivity contribution >= 4 is 22.5 Å². The molecule has 2 aromatic rings. The van der Waals surface area contributed by atoms with Crippen LogP contribution in [0.2, 0.25) is 0 Å². The summed E-state index contributed by atoms with van der Waals surface area (Å²) in [6.45, 7) is 5.87. The van der Waals surface area contributed by atoms with Gasteiger partial charge in [-0.2, -0.15) is 0 Å². The standard InChI is InChI=1S/C19H23N3O/c1-11(2)8-13-4-3-5-14-17(20)16-15(21-18(13)14)10-22(19(16)23)9-12-6-7-12/h3-5,11-12H,6-10H2,1-2H3,(H2,20,21). The predicted molar refractivity (Wildman–Crippen MR) is 92.2 cm³/mol. The summed E-state index contributed by atoms with van der Waals surface area (Å²) in [7, 11) is 0. The molecule has 120 valence electrons. The number of pyridine rings is 1. The van der Waals surface area contributed by atoms with Crippen molar-refractivity contribution in [1.82, 2.24) is 9.88 Å². The third-order valence-corrected chi connectivity index (χ3v) is 4.86. The van der Waals surface area contributed by atoms with Crippen molar-refractivity contribution in [2.45, 2.75) is 39.7 Å². The van der Waals surface area contributed by atoms with Gasteiger partial charge in [-0.15, -0.1) is 0 Å². The Morgan fingerprint density at radius 2 is 2.13 bits per heavy atom. The summed E-state index contributed by atoms with van der Waals surface area (Å²) >= 11 is 0. The first kappa shape index (κ1) is 14.5. The lowest BCUT2D eigenvalue weighted by Gasteiger charge is -2.14. The molecule has 0 spiro atoms. The van der Waals surface area contributed by atoms with Gasteiger partial charge in [0.25, 0.3) is 5.91 Å². The highest BCUT2D eigenvalue weighted by atomic mass is 16.2. The van der Waals surface area contributed by atoms with Gasteiger partial charge in [0.05, 0.1) is 29.0 Å². The van der Waals surface area contributed by atoms with E-state index in [1.165, 1.54) is 18.4 Å². The van der Waals surface area contributed by atoms with Crippen LogP contribution in [-0.2, 0) is 13.0 Å². The van der Waals surface area contributed by atoms with Crippen molar-refractivity contribution in [3.8, 4) is 0 Å². The molecule has 0 saturated heterocycles. The summed E-state index contributed by atoms with van der Waals surface area (Å²) in [5, 5.41) is 0.920. The monoisotopic (exact) mass is 309 g/mol. The predicted octanol–water partition coefficient (Wildman–Crippen LogP) is 3.38. The second-order valence-corrected chi connectivity index (χ2v) is 7.39. The number of amides is 1. The number of benzene rings is 1. The number of fused-ring (bicyclic) bond motifs is 2. The van der Waals surface area contributed by atoms with Crippen molar-refractivity contribution < 1.29 is 4.79 Å². The van der Waals surface area contributed by atoms with Crippen LogP contribution in [-0.4, -0.2) is 22.3 Å². The molecule has 0 atom stereocenters. The van der Waals surface area contributed by atoms with Crippen molar-refractivity contribution in [3.63, 3.8) is 0 Å². The number of nitrogens with zero attached hydrogens (tertiary/aromatic N) is 2. The fourth-order valence-corrected chi connectivity index (χ4v) is 3.55. The number of anilines is 1. The zero-order valence-electron chi connectivity index (χ0n) is 13.8. The average molecular weight is 309 g/mol. The number of para-hydroxylation sites is 1. The van der Waals surface area contributed by atoms with Gasteiger partial charge < -0.3 is 10.6 Å². The Hall–Kier alpha value is -2.10. The first-order valence-corrected chi connectivity index (χ1v) is 8.53. The SMILES string of the molecule is CC(C)Cc1cccc2c(N)c3c(nc12)CN(CC1CC1)C3=O.